The van der Waals surface area contributed by atoms with Gasteiger partial charge in [0.25, 0.3) is 0 Å². The topological polar surface area (TPSA) is 0 Å². The summed E-state index contributed by atoms with van der Waals surface area (Å²) in [5.74, 6) is 0.285. The van der Waals surface area contributed by atoms with Gasteiger partial charge in [-0.15, -0.1) is 0 Å². The van der Waals surface area contributed by atoms with Crippen LogP contribution in [0.25, 0.3) is 0 Å². The molecule has 0 heteroatoms. The van der Waals surface area contributed by atoms with Crippen molar-refractivity contribution in [1.29, 1.82) is 0 Å². The van der Waals surface area contributed by atoms with Gasteiger partial charge in [0.2, 0.25) is 0 Å². The van der Waals surface area contributed by atoms with Crippen LogP contribution in [0.2, 0.25) is 0 Å². The van der Waals surface area contributed by atoms with Crippen molar-refractivity contribution in [2.45, 2.75) is 142 Å². The molecule has 0 aromatic heterocycles. The van der Waals surface area contributed by atoms with E-state index in [4.69, 9.17) is 0 Å². The third-order valence-corrected chi connectivity index (χ3v) is 10.8. The first-order valence-electron chi connectivity index (χ1n) is 26.4. The largest absolute Gasteiger partial charge is 0.0776 e. The monoisotopic (exact) mass is 921 g/mol. The maximum Gasteiger partial charge on any atom is 0.0340 e. The Morgan fingerprint density at radius 2 is 0.275 bits per heavy atom. The van der Waals surface area contributed by atoms with E-state index in [2.05, 4.69) is 218 Å². The quantitative estimate of drug-likeness (QED) is 0.165. The van der Waals surface area contributed by atoms with Gasteiger partial charge in [-0.3, -0.25) is 0 Å². The Kier molecular flexibility index (Phi) is 34.3. The fraction of sp³-hybridized carbons (Fsp3) is 0.304. The van der Waals surface area contributed by atoms with Crippen molar-refractivity contribution in [2.75, 3.05) is 0 Å². The minimum absolute atomic E-state index is 0. The van der Waals surface area contributed by atoms with Crippen LogP contribution in [0.15, 0.2) is 218 Å². The molecule has 8 aromatic rings. The van der Waals surface area contributed by atoms with Gasteiger partial charge in [0.1, 0.15) is 0 Å². The van der Waals surface area contributed by atoms with E-state index in [1.54, 1.807) is 0 Å². The first-order valence-corrected chi connectivity index (χ1v) is 26.4. The van der Waals surface area contributed by atoms with Crippen LogP contribution in [0.3, 0.4) is 0 Å². The fourth-order valence-corrected chi connectivity index (χ4v) is 8.56. The second-order valence-corrected chi connectivity index (χ2v) is 14.1. The smallest absolute Gasteiger partial charge is 0.0340 e. The number of hydrogen-bond donors (Lipinski definition) is 0. The second-order valence-electron chi connectivity index (χ2n) is 14.1. The maximum absolute atomic E-state index is 2.46. The molecule has 0 aliphatic heterocycles. The first kappa shape index (κ1) is 62.8. The van der Waals surface area contributed by atoms with Crippen LogP contribution in [0.5, 0.6) is 0 Å². The van der Waals surface area contributed by atoms with Gasteiger partial charge in [-0.1, -0.05) is 337 Å². The molecular weight excluding hydrogens is 829 g/mol. The Balaban J connectivity index is 0.00000248. The summed E-state index contributed by atoms with van der Waals surface area (Å²) in [7, 11) is 0. The van der Waals surface area contributed by atoms with Crippen LogP contribution < -0.4 is 0 Å². The Hall–Kier alpha value is -6.24. The van der Waals surface area contributed by atoms with E-state index < -0.39 is 0 Å². The normalized spacial score (nSPS) is 14.3. The van der Waals surface area contributed by atoms with E-state index in [1.165, 1.54) is 66.8 Å². The van der Waals surface area contributed by atoms with Gasteiger partial charge in [0.05, 0.1) is 0 Å². The molecule has 0 spiro atoms. The standard InChI is InChI=1S/C52H40.8C2H6.CH4/c1-5-17-37(18-6-1)49-41-25-13-27-43(33-41)50(38-19-7-2-8-20-38)45-29-15-31-47(35-45)52(40-23-11-4-12-24-40)48-32-16-30-46(36-48)51(39-21-9-3-10-22-39)44-28-14-26-42(49)34-44;8*1-2;/h1-36,49-52H;8*1-2H3;1H4. The molecule has 0 heterocycles. The van der Waals surface area contributed by atoms with Gasteiger partial charge in [0.15, 0.2) is 0 Å². The molecule has 0 atom stereocenters. The van der Waals surface area contributed by atoms with Crippen molar-refractivity contribution in [3.8, 4) is 0 Å². The molecule has 9 rings (SSSR count). The molecule has 0 N–H and O–H groups in total. The van der Waals surface area contributed by atoms with Gasteiger partial charge in [-0.25, -0.2) is 0 Å². The van der Waals surface area contributed by atoms with Crippen molar-refractivity contribution in [3.63, 3.8) is 0 Å². The minimum atomic E-state index is 0. The van der Waals surface area contributed by atoms with Gasteiger partial charge in [-0.05, 0) is 66.8 Å². The predicted octanol–water partition coefficient (Wildman–Crippen LogP) is 21.6. The van der Waals surface area contributed by atoms with E-state index in [-0.39, 0.29) is 31.1 Å². The number of benzene rings is 8. The number of rotatable bonds is 4. The molecular formula is C69H92. The van der Waals surface area contributed by atoms with E-state index in [0.29, 0.717) is 0 Å². The van der Waals surface area contributed by atoms with Crippen LogP contribution in [0, 0.1) is 0 Å². The van der Waals surface area contributed by atoms with E-state index >= 15 is 0 Å². The van der Waals surface area contributed by atoms with Crippen molar-refractivity contribution >= 4 is 0 Å². The summed E-state index contributed by atoms with van der Waals surface area (Å²) in [6, 6.07) is 81.5. The molecule has 8 bridgehead atoms. The molecule has 1 aliphatic carbocycles. The average Bonchev–Trinajstić information content (AvgIpc) is 3.45. The molecule has 8 aromatic carbocycles. The zero-order valence-electron chi connectivity index (χ0n) is 45.1. The molecule has 0 saturated carbocycles. The average molecular weight is 921 g/mol. The summed E-state index contributed by atoms with van der Waals surface area (Å²) in [5, 5.41) is 0. The Bertz CT molecular complexity index is 1990. The number of fused-ring (bicyclic) bond motifs is 8. The lowest BCUT2D eigenvalue weighted by Gasteiger charge is -2.27. The van der Waals surface area contributed by atoms with Crippen molar-refractivity contribution in [3.05, 3.63) is 285 Å². The highest BCUT2D eigenvalue weighted by molar-refractivity contribution is 5.55. The van der Waals surface area contributed by atoms with Crippen molar-refractivity contribution in [2.24, 2.45) is 0 Å². The molecule has 0 unspecified atom stereocenters. The van der Waals surface area contributed by atoms with Crippen LogP contribution in [0.1, 0.15) is 209 Å². The Labute approximate surface area is 425 Å². The molecule has 0 saturated heterocycles. The van der Waals surface area contributed by atoms with Crippen LogP contribution in [-0.4, -0.2) is 0 Å². The fourth-order valence-electron chi connectivity index (χ4n) is 8.56. The van der Waals surface area contributed by atoms with Crippen LogP contribution in [-0.2, 0) is 0 Å². The molecule has 0 fully saturated rings. The molecule has 1 aliphatic rings. The lowest BCUT2D eigenvalue weighted by Crippen LogP contribution is -2.11. The van der Waals surface area contributed by atoms with E-state index in [0.717, 1.165) is 0 Å². The highest BCUT2D eigenvalue weighted by atomic mass is 14.3. The summed E-state index contributed by atoms with van der Waals surface area (Å²) in [6.07, 6.45) is 0. The Morgan fingerprint density at radius 1 is 0.159 bits per heavy atom. The maximum atomic E-state index is 2.46. The molecule has 0 nitrogen and oxygen atoms in total. The van der Waals surface area contributed by atoms with Gasteiger partial charge in [0, 0.05) is 23.7 Å². The first-order chi connectivity index (χ1) is 33.8. The van der Waals surface area contributed by atoms with E-state index in [9.17, 15) is 0 Å². The van der Waals surface area contributed by atoms with Crippen LogP contribution in [0.4, 0.5) is 0 Å². The minimum Gasteiger partial charge on any atom is -0.0776 e. The summed E-state index contributed by atoms with van der Waals surface area (Å²) in [5.41, 5.74) is 15.5. The molecule has 368 valence electrons. The van der Waals surface area contributed by atoms with Gasteiger partial charge >= 0.3 is 0 Å². The van der Waals surface area contributed by atoms with Crippen molar-refractivity contribution in [1.82, 2.24) is 0 Å². The van der Waals surface area contributed by atoms with E-state index in [1.807, 2.05) is 111 Å². The Morgan fingerprint density at radius 3 is 0.406 bits per heavy atom. The predicted molar refractivity (Wildman–Crippen MR) is 313 cm³/mol. The molecule has 69 heavy (non-hydrogen) atoms. The highest BCUT2D eigenvalue weighted by Crippen LogP contribution is 2.42. The second kappa shape index (κ2) is 37.7. The summed E-state index contributed by atoms with van der Waals surface area (Å²) < 4.78 is 0. The molecule has 0 radical (unpaired) electrons. The third-order valence-electron chi connectivity index (χ3n) is 10.8. The summed E-state index contributed by atoms with van der Waals surface area (Å²) >= 11 is 0. The zero-order valence-corrected chi connectivity index (χ0v) is 45.1. The molecule has 0 amide bonds. The van der Waals surface area contributed by atoms with Gasteiger partial charge in [-0.2, -0.15) is 0 Å². The third kappa shape index (κ3) is 17.0. The zero-order chi connectivity index (χ0) is 50.7. The summed E-state index contributed by atoms with van der Waals surface area (Å²) in [4.78, 5) is 0. The SMILES string of the molecule is C.CC.CC.CC.CC.CC.CC.CC.CC.c1ccc(C2c3cccc(c3)C(c3ccccc3)c3cccc(c3)C(c3ccccc3)c3cccc(c3)C(c3ccccc3)c3cccc2c3)cc1. The van der Waals surface area contributed by atoms with Gasteiger partial charge < -0.3 is 0 Å². The van der Waals surface area contributed by atoms with Crippen molar-refractivity contribution < 1.29 is 0 Å². The lowest BCUT2D eigenvalue weighted by molar-refractivity contribution is 0.905. The lowest BCUT2D eigenvalue weighted by atomic mass is 9.76. The highest BCUT2D eigenvalue weighted by Gasteiger charge is 2.26. The van der Waals surface area contributed by atoms with Crippen LogP contribution >= 0.6 is 0 Å². The summed E-state index contributed by atoms with van der Waals surface area (Å²) in [6.45, 7) is 32.0. The number of hydrogen-bond acceptors (Lipinski definition) is 0.